The van der Waals surface area contributed by atoms with Crippen LogP contribution >= 0.6 is 34.8 Å². The normalized spacial score (nSPS) is 10.8. The number of nitrogens with zero attached hydrogens (tertiary/aromatic N) is 6. The van der Waals surface area contributed by atoms with Gasteiger partial charge >= 0.3 is 0 Å². The van der Waals surface area contributed by atoms with Crippen LogP contribution < -0.4 is 27.8 Å². The van der Waals surface area contributed by atoms with Crippen LogP contribution in [0.25, 0.3) is 0 Å². The van der Waals surface area contributed by atoms with Crippen molar-refractivity contribution in [2.45, 2.75) is 52.4 Å². The first kappa shape index (κ1) is 51.4. The summed E-state index contributed by atoms with van der Waals surface area (Å²) in [6.45, 7) is 11.9. The SMILES string of the molecule is CC(C)(c1ccc(O)c(N)c1)c1ccc(O)c(N)c1.Cc1nc(Nc2ccccc2)nc(Nc2cc(C(C)(C)c3ccc(O)c(C)c3)ccc2O)n1.Clc1nc(Cl)nc(Cl)n1.Nc1ccccc1. The average Bonchev–Trinajstić information content (AvgIpc) is 3.27. The van der Waals surface area contributed by atoms with Gasteiger partial charge in [0, 0.05) is 22.2 Å². The lowest BCUT2D eigenvalue weighted by atomic mass is 9.77. The molecule has 0 saturated heterocycles. The lowest BCUT2D eigenvalue weighted by Crippen LogP contribution is -2.19. The monoisotopic (exact) mass is 975 g/mol. The number of para-hydroxylation sites is 2. The van der Waals surface area contributed by atoms with Crippen LogP contribution in [0.5, 0.6) is 23.0 Å². The topological polar surface area (TPSA) is 260 Å². The highest BCUT2D eigenvalue weighted by molar-refractivity contribution is 6.33. The number of phenols is 4. The van der Waals surface area contributed by atoms with Gasteiger partial charge in [0.15, 0.2) is 0 Å². The fourth-order valence-corrected chi connectivity index (χ4v) is 7.02. The van der Waals surface area contributed by atoms with Crippen LogP contribution in [-0.4, -0.2) is 50.3 Å². The fraction of sp³-hybridized carbons (Fsp3) is 0.160. The molecule has 15 nitrogen and oxygen atoms in total. The minimum absolute atomic E-state index is 0.000000000000000444. The van der Waals surface area contributed by atoms with Gasteiger partial charge in [0.2, 0.25) is 27.7 Å². The van der Waals surface area contributed by atoms with Crippen molar-refractivity contribution in [2.24, 2.45) is 0 Å². The Morgan fingerprint density at radius 2 is 0.838 bits per heavy atom. The molecule has 0 bridgehead atoms. The third-order valence-electron chi connectivity index (χ3n) is 10.5. The minimum atomic E-state index is -0.363. The fourth-order valence-electron chi connectivity index (χ4n) is 6.41. The quantitative estimate of drug-likeness (QED) is 0.0506. The van der Waals surface area contributed by atoms with Gasteiger partial charge in [0.1, 0.15) is 28.8 Å². The Labute approximate surface area is 409 Å². The Balaban J connectivity index is 0.000000204. The van der Waals surface area contributed by atoms with Crippen molar-refractivity contribution in [3.05, 3.63) is 183 Å². The highest BCUT2D eigenvalue weighted by Gasteiger charge is 2.26. The summed E-state index contributed by atoms with van der Waals surface area (Å²) < 4.78 is 0. The summed E-state index contributed by atoms with van der Waals surface area (Å²) in [6, 6.07) is 40.5. The van der Waals surface area contributed by atoms with E-state index in [1.807, 2.05) is 118 Å². The summed E-state index contributed by atoms with van der Waals surface area (Å²) in [4.78, 5) is 23.5. The zero-order chi connectivity index (χ0) is 49.8. The number of aromatic nitrogens is 6. The summed E-state index contributed by atoms with van der Waals surface area (Å²) in [5, 5.41) is 45.7. The lowest BCUT2D eigenvalue weighted by molar-refractivity contribution is 0.470. The van der Waals surface area contributed by atoms with E-state index in [4.69, 9.17) is 52.0 Å². The highest BCUT2D eigenvalue weighted by Crippen LogP contribution is 2.39. The van der Waals surface area contributed by atoms with Crippen LogP contribution in [0.3, 0.4) is 0 Å². The number of rotatable bonds is 8. The number of nitrogens with two attached hydrogens (primary N) is 3. The summed E-state index contributed by atoms with van der Waals surface area (Å²) in [7, 11) is 0. The van der Waals surface area contributed by atoms with Crippen molar-refractivity contribution < 1.29 is 20.4 Å². The molecule has 352 valence electrons. The van der Waals surface area contributed by atoms with Crippen LogP contribution in [0, 0.1) is 13.8 Å². The molecule has 0 aliphatic carbocycles. The molecule has 6 aromatic carbocycles. The summed E-state index contributed by atoms with van der Waals surface area (Å²) >= 11 is 16.0. The Kier molecular flexibility index (Phi) is 17.2. The Morgan fingerprint density at radius 3 is 1.26 bits per heavy atom. The average molecular weight is 977 g/mol. The molecule has 18 heteroatoms. The molecule has 68 heavy (non-hydrogen) atoms. The van der Waals surface area contributed by atoms with E-state index >= 15 is 0 Å². The number of hydrogen-bond donors (Lipinski definition) is 9. The molecule has 12 N–H and O–H groups in total. The van der Waals surface area contributed by atoms with Crippen molar-refractivity contribution in [3.8, 4) is 23.0 Å². The van der Waals surface area contributed by atoms with E-state index in [0.717, 1.165) is 39.2 Å². The van der Waals surface area contributed by atoms with E-state index in [2.05, 4.69) is 54.4 Å². The van der Waals surface area contributed by atoms with Gasteiger partial charge in [-0.15, -0.1) is 0 Å². The van der Waals surface area contributed by atoms with Crippen molar-refractivity contribution in [3.63, 3.8) is 0 Å². The molecule has 0 amide bonds. The largest absolute Gasteiger partial charge is 0.508 e. The zero-order valence-electron chi connectivity index (χ0n) is 38.0. The van der Waals surface area contributed by atoms with E-state index in [1.165, 1.54) is 0 Å². The van der Waals surface area contributed by atoms with Crippen LogP contribution in [-0.2, 0) is 10.8 Å². The maximum Gasteiger partial charge on any atom is 0.232 e. The number of nitrogens with one attached hydrogen (secondary N) is 2. The van der Waals surface area contributed by atoms with Crippen LogP contribution in [0.4, 0.5) is 40.3 Å². The number of phenolic OH excluding ortho intramolecular Hbond substituents is 4. The Hall–Kier alpha value is -7.59. The van der Waals surface area contributed by atoms with E-state index in [9.17, 15) is 20.4 Å². The zero-order valence-corrected chi connectivity index (χ0v) is 40.3. The van der Waals surface area contributed by atoms with Crippen molar-refractivity contribution in [1.82, 2.24) is 29.9 Å². The number of halogens is 3. The summed E-state index contributed by atoms with van der Waals surface area (Å²) in [5.74, 6) is 1.79. The van der Waals surface area contributed by atoms with E-state index in [-0.39, 0.29) is 49.7 Å². The van der Waals surface area contributed by atoms with Gasteiger partial charge in [-0.3, -0.25) is 0 Å². The molecule has 0 atom stereocenters. The van der Waals surface area contributed by atoms with Gasteiger partial charge in [-0.2, -0.15) is 29.9 Å². The van der Waals surface area contributed by atoms with Gasteiger partial charge < -0.3 is 48.3 Å². The smallest absolute Gasteiger partial charge is 0.232 e. The molecule has 8 rings (SSSR count). The first-order chi connectivity index (χ1) is 32.1. The number of nitrogen functional groups attached to an aromatic ring is 3. The van der Waals surface area contributed by atoms with Crippen LogP contribution in [0.15, 0.2) is 133 Å². The third-order valence-corrected chi connectivity index (χ3v) is 11.0. The molecular weight excluding hydrogens is 925 g/mol. The van der Waals surface area contributed by atoms with Gasteiger partial charge in [-0.1, -0.05) is 94.4 Å². The molecule has 8 aromatic rings. The molecule has 2 aromatic heterocycles. The Bertz CT molecular complexity index is 2860. The third kappa shape index (κ3) is 14.2. The highest BCUT2D eigenvalue weighted by atomic mass is 35.5. The predicted molar refractivity (Wildman–Crippen MR) is 274 cm³/mol. The molecular formula is C50H52Cl3N11O4. The number of aryl methyl sites for hydroxylation is 2. The molecule has 2 heterocycles. The first-order valence-electron chi connectivity index (χ1n) is 20.8. The molecule has 0 aliphatic rings. The number of hydrogen-bond acceptors (Lipinski definition) is 15. The molecule has 0 fully saturated rings. The Morgan fingerprint density at radius 1 is 0.441 bits per heavy atom. The van der Waals surface area contributed by atoms with Crippen molar-refractivity contribution >= 4 is 75.1 Å². The number of benzene rings is 6. The van der Waals surface area contributed by atoms with Gasteiger partial charge in [-0.05, 0) is 143 Å². The maximum absolute atomic E-state index is 10.5. The van der Waals surface area contributed by atoms with Gasteiger partial charge in [0.05, 0.1) is 17.1 Å². The maximum atomic E-state index is 10.5. The molecule has 0 aliphatic heterocycles. The second kappa shape index (κ2) is 22.7. The van der Waals surface area contributed by atoms with Crippen LogP contribution in [0.1, 0.15) is 61.3 Å². The van der Waals surface area contributed by atoms with Crippen molar-refractivity contribution in [1.29, 1.82) is 0 Å². The minimum Gasteiger partial charge on any atom is -0.508 e. The predicted octanol–water partition coefficient (Wildman–Crippen LogP) is 11.4. The molecule has 0 spiro atoms. The second-order valence-electron chi connectivity index (χ2n) is 16.2. The summed E-state index contributed by atoms with van der Waals surface area (Å²) in [5.41, 5.74) is 23.8. The van der Waals surface area contributed by atoms with E-state index in [1.54, 1.807) is 43.3 Å². The van der Waals surface area contributed by atoms with Crippen molar-refractivity contribution in [2.75, 3.05) is 27.8 Å². The van der Waals surface area contributed by atoms with Gasteiger partial charge in [0.25, 0.3) is 0 Å². The molecule has 0 saturated carbocycles. The first-order valence-corrected chi connectivity index (χ1v) is 21.9. The number of aromatic hydroxyl groups is 4. The van der Waals surface area contributed by atoms with E-state index in [0.29, 0.717) is 34.8 Å². The standard InChI is InChI=1S/C26H27N5O2.C15H18N2O2.C6H7N.C3Cl3N3/c1-16-14-18(10-12-22(16)32)26(3,4)19-11-13-23(33)21(15-19)30-25-28-17(2)27-24(31-25)29-20-8-6-5-7-9-20;1-15(2,9-3-5-13(18)11(16)7-9)10-4-6-14(19)12(17)8-10;7-6-4-2-1-3-5-6;4-1-7-2(5)9-3(6)8-1/h5-15,32-33H,1-4H3,(H2,27,28,29,30,31);3-8,18-19H,16-17H2,1-2H3;1-5H,7H2;. The lowest BCUT2D eigenvalue weighted by Gasteiger charge is -2.27. The second-order valence-corrected chi connectivity index (χ2v) is 17.2. The van der Waals surface area contributed by atoms with E-state index < -0.39 is 0 Å². The van der Waals surface area contributed by atoms with Crippen LogP contribution in [0.2, 0.25) is 15.9 Å². The van der Waals surface area contributed by atoms with Gasteiger partial charge in [-0.25, -0.2) is 0 Å². The molecule has 0 unspecified atom stereocenters. The summed E-state index contributed by atoms with van der Waals surface area (Å²) in [6.07, 6.45) is 0. The number of anilines is 7. The molecule has 0 radical (unpaired) electrons.